The molecular weight excluding hydrogens is 317 g/mol. The summed E-state index contributed by atoms with van der Waals surface area (Å²) in [5.41, 5.74) is 0. The minimum absolute atomic E-state index is 0.525. The van der Waals surface area contributed by atoms with Gasteiger partial charge in [-0.3, -0.25) is 9.59 Å². The van der Waals surface area contributed by atoms with Crippen LogP contribution in [0.3, 0.4) is 0 Å². The molecule has 1 rings (SSSR count). The molecule has 0 atom stereocenters. The minimum Gasteiger partial charge on any atom is -0.296 e. The molecule has 0 unspecified atom stereocenters. The van der Waals surface area contributed by atoms with E-state index < -0.39 is 31.0 Å². The van der Waals surface area contributed by atoms with Crippen molar-refractivity contribution in [3.63, 3.8) is 0 Å². The molecule has 0 aliphatic heterocycles. The summed E-state index contributed by atoms with van der Waals surface area (Å²) < 4.78 is -6.54. The van der Waals surface area contributed by atoms with Crippen LogP contribution < -0.4 is 0 Å². The monoisotopic (exact) mass is 316 g/mol. The lowest BCUT2D eigenvalue weighted by Gasteiger charge is -2.39. The summed E-state index contributed by atoms with van der Waals surface area (Å²) in [4.78, 5) is 22.8. The van der Waals surface area contributed by atoms with Crippen LogP contribution >= 0.6 is 69.6 Å². The van der Waals surface area contributed by atoms with Crippen LogP contribution in [0.2, 0.25) is 0 Å². The van der Waals surface area contributed by atoms with E-state index in [1.165, 1.54) is 0 Å². The quantitative estimate of drug-likeness (QED) is 0.643. The van der Waals surface area contributed by atoms with Crippen molar-refractivity contribution in [1.29, 1.82) is 0 Å². The first kappa shape index (κ1) is 13.1. The molecule has 1 saturated carbocycles. The number of hydrogen-bond donors (Lipinski definition) is 0. The number of carbonyl (C=O) groups is 2. The second-order valence-electron chi connectivity index (χ2n) is 2.78. The molecule has 1 aliphatic rings. The summed E-state index contributed by atoms with van der Waals surface area (Å²) >= 11 is 33.3. The molecule has 0 amide bonds. The molecular formula is C6H2Cl6O2. The van der Waals surface area contributed by atoms with E-state index in [1.54, 1.807) is 0 Å². The molecule has 2 nitrogen and oxygen atoms in total. The molecule has 0 aromatic rings. The molecule has 14 heavy (non-hydrogen) atoms. The fourth-order valence-electron chi connectivity index (χ4n) is 0.940. The number of rotatable bonds is 0. The van der Waals surface area contributed by atoms with Gasteiger partial charge < -0.3 is 0 Å². The SMILES string of the molecule is O=C1CC(Cl)(Cl)C(=O)C(Cl)(Cl)C1(Cl)Cl. The maximum absolute atomic E-state index is 11.5. The third kappa shape index (κ3) is 1.74. The van der Waals surface area contributed by atoms with Gasteiger partial charge in [-0.2, -0.15) is 0 Å². The summed E-state index contributed by atoms with van der Waals surface area (Å²) in [5.74, 6) is -1.79. The molecule has 0 radical (unpaired) electrons. The van der Waals surface area contributed by atoms with Gasteiger partial charge in [0.1, 0.15) is 0 Å². The number of ketones is 2. The normalized spacial score (nSPS) is 29.0. The standard InChI is InChI=1S/C6H2Cl6O2/c7-4(8)1-2(13)5(9,10)6(11,12)3(4)14/h1H2. The lowest BCUT2D eigenvalue weighted by atomic mass is 9.94. The number of alkyl halides is 6. The van der Waals surface area contributed by atoms with Crippen LogP contribution in [0.5, 0.6) is 0 Å². The number of carbonyl (C=O) groups excluding carboxylic acids is 2. The van der Waals surface area contributed by atoms with E-state index in [4.69, 9.17) is 69.6 Å². The topological polar surface area (TPSA) is 34.1 Å². The Balaban J connectivity index is 3.26. The first-order chi connectivity index (χ1) is 6.03. The zero-order chi connectivity index (χ0) is 11.4. The van der Waals surface area contributed by atoms with Crippen LogP contribution in [0.1, 0.15) is 6.42 Å². The molecule has 0 saturated heterocycles. The first-order valence-corrected chi connectivity index (χ1v) is 5.52. The molecule has 1 aliphatic carbocycles. The third-order valence-electron chi connectivity index (χ3n) is 1.74. The molecule has 8 heteroatoms. The molecule has 0 spiro atoms. The van der Waals surface area contributed by atoms with E-state index in [1.807, 2.05) is 0 Å². The Kier molecular flexibility index (Phi) is 3.33. The van der Waals surface area contributed by atoms with Gasteiger partial charge in [0.15, 0.2) is 10.1 Å². The van der Waals surface area contributed by atoms with Crippen LogP contribution in [0, 0.1) is 0 Å². The Hall–Kier alpha value is 1.08. The van der Waals surface area contributed by atoms with E-state index in [-0.39, 0.29) is 0 Å². The number of halogens is 6. The van der Waals surface area contributed by atoms with Gasteiger partial charge in [0.2, 0.25) is 14.4 Å². The second kappa shape index (κ2) is 3.54. The number of hydrogen-bond acceptors (Lipinski definition) is 2. The third-order valence-corrected chi connectivity index (χ3v) is 4.64. The van der Waals surface area contributed by atoms with Gasteiger partial charge in [0.25, 0.3) is 0 Å². The highest BCUT2D eigenvalue weighted by atomic mass is 35.5. The molecule has 0 aromatic carbocycles. The second-order valence-corrected chi connectivity index (χ2v) is 6.92. The predicted molar refractivity (Wildman–Crippen MR) is 57.9 cm³/mol. The lowest BCUT2D eigenvalue weighted by Crippen LogP contribution is -2.60. The van der Waals surface area contributed by atoms with E-state index in [0.29, 0.717) is 0 Å². The molecule has 0 N–H and O–H groups in total. The number of Topliss-reactive ketones (excluding diaryl/α,β-unsaturated/α-hetero) is 2. The van der Waals surface area contributed by atoms with Gasteiger partial charge in [-0.1, -0.05) is 69.6 Å². The van der Waals surface area contributed by atoms with E-state index in [0.717, 1.165) is 0 Å². The van der Waals surface area contributed by atoms with Crippen molar-refractivity contribution in [2.24, 2.45) is 0 Å². The van der Waals surface area contributed by atoms with Crippen molar-refractivity contribution in [2.75, 3.05) is 0 Å². The largest absolute Gasteiger partial charge is 0.296 e. The highest BCUT2D eigenvalue weighted by Gasteiger charge is 2.67. The van der Waals surface area contributed by atoms with Gasteiger partial charge in [0, 0.05) is 6.42 Å². The Labute approximate surface area is 110 Å². The molecule has 0 heterocycles. The molecule has 0 bridgehead atoms. The van der Waals surface area contributed by atoms with Crippen LogP contribution in [0.25, 0.3) is 0 Å². The summed E-state index contributed by atoms with van der Waals surface area (Å²) in [6.45, 7) is 0. The van der Waals surface area contributed by atoms with Gasteiger partial charge in [-0.15, -0.1) is 0 Å². The highest BCUT2D eigenvalue weighted by Crippen LogP contribution is 2.53. The predicted octanol–water partition coefficient (Wildman–Crippen LogP) is 3.05. The van der Waals surface area contributed by atoms with Crippen molar-refractivity contribution in [3.8, 4) is 0 Å². The summed E-state index contributed by atoms with van der Waals surface area (Å²) in [6, 6.07) is 0. The van der Waals surface area contributed by atoms with Crippen molar-refractivity contribution in [1.82, 2.24) is 0 Å². The molecule has 0 aromatic heterocycles. The highest BCUT2D eigenvalue weighted by molar-refractivity contribution is 6.79. The first-order valence-electron chi connectivity index (χ1n) is 3.25. The van der Waals surface area contributed by atoms with Crippen LogP contribution in [0.4, 0.5) is 0 Å². The van der Waals surface area contributed by atoms with Crippen LogP contribution in [0.15, 0.2) is 0 Å². The fourth-order valence-corrected chi connectivity index (χ4v) is 2.50. The average molecular weight is 319 g/mol. The summed E-state index contributed by atoms with van der Waals surface area (Å²) in [6.07, 6.45) is -0.525. The van der Waals surface area contributed by atoms with E-state index >= 15 is 0 Å². The summed E-state index contributed by atoms with van der Waals surface area (Å²) in [7, 11) is 0. The van der Waals surface area contributed by atoms with Crippen molar-refractivity contribution < 1.29 is 9.59 Å². The van der Waals surface area contributed by atoms with E-state index in [2.05, 4.69) is 0 Å². The Morgan fingerprint density at radius 2 is 1.29 bits per heavy atom. The van der Waals surface area contributed by atoms with Crippen molar-refractivity contribution in [2.45, 2.75) is 19.4 Å². The van der Waals surface area contributed by atoms with Gasteiger partial charge in [-0.05, 0) is 0 Å². The fraction of sp³-hybridized carbons (Fsp3) is 0.667. The van der Waals surface area contributed by atoms with E-state index in [9.17, 15) is 9.59 Å². The zero-order valence-corrected chi connectivity index (χ0v) is 10.8. The van der Waals surface area contributed by atoms with Crippen LogP contribution in [-0.2, 0) is 9.59 Å². The lowest BCUT2D eigenvalue weighted by molar-refractivity contribution is -0.130. The van der Waals surface area contributed by atoms with Crippen molar-refractivity contribution >= 4 is 81.2 Å². The maximum Gasteiger partial charge on any atom is 0.218 e. The Morgan fingerprint density at radius 1 is 0.857 bits per heavy atom. The molecule has 1 fully saturated rings. The zero-order valence-electron chi connectivity index (χ0n) is 6.29. The summed E-state index contributed by atoms with van der Waals surface area (Å²) in [5, 5.41) is 0. The smallest absolute Gasteiger partial charge is 0.218 e. The average Bonchev–Trinajstić information content (AvgIpc) is 1.99. The Bertz CT molecular complexity index is 307. The Morgan fingerprint density at radius 3 is 1.71 bits per heavy atom. The van der Waals surface area contributed by atoms with Crippen LogP contribution in [-0.4, -0.2) is 24.6 Å². The van der Waals surface area contributed by atoms with Gasteiger partial charge >= 0.3 is 0 Å². The van der Waals surface area contributed by atoms with Crippen molar-refractivity contribution in [3.05, 3.63) is 0 Å². The van der Waals surface area contributed by atoms with Gasteiger partial charge in [0.05, 0.1) is 0 Å². The maximum atomic E-state index is 11.5. The van der Waals surface area contributed by atoms with Gasteiger partial charge in [-0.25, -0.2) is 0 Å². The minimum atomic E-state index is -2.34. The molecule has 80 valence electrons.